The molecule has 0 heterocycles. The van der Waals surface area contributed by atoms with Crippen LogP contribution in [-0.2, 0) is 17.6 Å². The zero-order valence-electron chi connectivity index (χ0n) is 13.7. The summed E-state index contributed by atoms with van der Waals surface area (Å²) < 4.78 is 0. The zero-order chi connectivity index (χ0) is 16.2. The quantitative estimate of drug-likeness (QED) is 0.452. The Morgan fingerprint density at radius 2 is 2.00 bits per heavy atom. The molecule has 1 aliphatic carbocycles. The summed E-state index contributed by atoms with van der Waals surface area (Å²) in [5, 5.41) is 5.95. The number of anilines is 1. The molecule has 0 aliphatic heterocycles. The second-order valence-electron chi connectivity index (χ2n) is 6.73. The summed E-state index contributed by atoms with van der Waals surface area (Å²) in [4.78, 5) is 15.9. The molecule has 120 valence electrons. The van der Waals surface area contributed by atoms with Crippen LogP contribution in [0.1, 0.15) is 38.3 Å². The predicted octanol–water partition coefficient (Wildman–Crippen LogP) is 2.06. The Kier molecular flexibility index (Phi) is 5.06. The van der Waals surface area contributed by atoms with E-state index in [9.17, 15) is 4.79 Å². The maximum atomic E-state index is 11.7. The van der Waals surface area contributed by atoms with E-state index in [-0.39, 0.29) is 11.3 Å². The van der Waals surface area contributed by atoms with Crippen LogP contribution in [0.25, 0.3) is 0 Å². The number of rotatable bonds is 4. The lowest BCUT2D eigenvalue weighted by Crippen LogP contribution is -2.36. The van der Waals surface area contributed by atoms with Crippen LogP contribution in [0.5, 0.6) is 0 Å². The summed E-state index contributed by atoms with van der Waals surface area (Å²) in [5.74, 6) is 0.399. The van der Waals surface area contributed by atoms with Crippen molar-refractivity contribution in [2.45, 2.75) is 40.0 Å². The molecule has 0 fully saturated rings. The highest BCUT2D eigenvalue weighted by atomic mass is 16.2. The number of guanidine groups is 1. The lowest BCUT2D eigenvalue weighted by molar-refractivity contribution is -0.128. The average Bonchev–Trinajstić information content (AvgIpc) is 2.89. The molecule has 1 aromatic carbocycles. The Morgan fingerprint density at radius 3 is 2.73 bits per heavy atom. The van der Waals surface area contributed by atoms with Crippen LogP contribution in [0.2, 0.25) is 0 Å². The number of carbonyl (C=O) groups excluding carboxylic acids is 1. The Labute approximate surface area is 132 Å². The van der Waals surface area contributed by atoms with Crippen molar-refractivity contribution in [1.29, 1.82) is 0 Å². The molecule has 0 atom stereocenters. The molecule has 0 saturated carbocycles. The fourth-order valence-electron chi connectivity index (χ4n) is 2.45. The molecule has 5 nitrogen and oxygen atoms in total. The van der Waals surface area contributed by atoms with Crippen molar-refractivity contribution in [3.63, 3.8) is 0 Å². The molecule has 1 aliphatic rings. The van der Waals surface area contributed by atoms with Gasteiger partial charge in [0.2, 0.25) is 5.91 Å². The lowest BCUT2D eigenvalue weighted by atomic mass is 9.96. The van der Waals surface area contributed by atoms with Crippen LogP contribution in [0.4, 0.5) is 5.69 Å². The zero-order valence-corrected chi connectivity index (χ0v) is 13.7. The molecule has 4 N–H and O–H groups in total. The minimum Gasteiger partial charge on any atom is -0.370 e. The van der Waals surface area contributed by atoms with E-state index in [1.165, 1.54) is 24.0 Å². The van der Waals surface area contributed by atoms with Crippen molar-refractivity contribution >= 4 is 17.6 Å². The number of benzene rings is 1. The molecule has 0 aromatic heterocycles. The third-order valence-electron chi connectivity index (χ3n) is 3.73. The summed E-state index contributed by atoms with van der Waals surface area (Å²) >= 11 is 0. The van der Waals surface area contributed by atoms with Crippen LogP contribution < -0.4 is 16.4 Å². The average molecular weight is 302 g/mol. The molecular formula is C17H26N4O. The van der Waals surface area contributed by atoms with Gasteiger partial charge in [-0.05, 0) is 42.5 Å². The summed E-state index contributed by atoms with van der Waals surface area (Å²) in [6, 6.07) is 6.33. The van der Waals surface area contributed by atoms with Crippen molar-refractivity contribution in [3.8, 4) is 0 Å². The molecule has 0 radical (unpaired) electrons. The van der Waals surface area contributed by atoms with E-state index in [1.54, 1.807) is 0 Å². The van der Waals surface area contributed by atoms with Gasteiger partial charge in [0.25, 0.3) is 0 Å². The van der Waals surface area contributed by atoms with Crippen molar-refractivity contribution in [3.05, 3.63) is 29.3 Å². The van der Waals surface area contributed by atoms with Crippen LogP contribution in [0, 0.1) is 5.41 Å². The van der Waals surface area contributed by atoms with Gasteiger partial charge in [-0.2, -0.15) is 0 Å². The normalized spacial score (nSPS) is 14.6. The first-order valence-electron chi connectivity index (χ1n) is 7.83. The fraction of sp³-hybridized carbons (Fsp3) is 0.529. The number of aryl methyl sites for hydroxylation is 2. The highest BCUT2D eigenvalue weighted by Gasteiger charge is 2.20. The largest absolute Gasteiger partial charge is 0.370 e. The van der Waals surface area contributed by atoms with Gasteiger partial charge in [-0.1, -0.05) is 26.8 Å². The van der Waals surface area contributed by atoms with Crippen molar-refractivity contribution in [1.82, 2.24) is 5.32 Å². The first kappa shape index (κ1) is 16.3. The van der Waals surface area contributed by atoms with Gasteiger partial charge in [-0.25, -0.2) is 0 Å². The molecule has 22 heavy (non-hydrogen) atoms. The molecule has 0 saturated heterocycles. The van der Waals surface area contributed by atoms with E-state index >= 15 is 0 Å². The lowest BCUT2D eigenvalue weighted by Gasteiger charge is -2.17. The highest BCUT2D eigenvalue weighted by Crippen LogP contribution is 2.24. The molecular weight excluding hydrogens is 276 g/mol. The van der Waals surface area contributed by atoms with Crippen molar-refractivity contribution < 1.29 is 4.79 Å². The van der Waals surface area contributed by atoms with E-state index < -0.39 is 0 Å². The van der Waals surface area contributed by atoms with Gasteiger partial charge in [0.15, 0.2) is 5.96 Å². The van der Waals surface area contributed by atoms with E-state index in [0.29, 0.717) is 19.0 Å². The molecule has 1 amide bonds. The third kappa shape index (κ3) is 4.48. The van der Waals surface area contributed by atoms with Crippen molar-refractivity contribution in [2.24, 2.45) is 16.1 Å². The number of aliphatic imine (C=N–C) groups is 1. The van der Waals surface area contributed by atoms with Gasteiger partial charge >= 0.3 is 0 Å². The standard InChI is InChI=1S/C17H26N4O/c1-17(2,3)15(22)19-9-10-20-16(18)21-14-8-7-12-5-4-6-13(12)11-14/h7-8,11H,4-6,9-10H2,1-3H3,(H,19,22)(H3,18,20,21). The Balaban J connectivity index is 1.79. The van der Waals surface area contributed by atoms with Crippen LogP contribution >= 0.6 is 0 Å². The Morgan fingerprint density at radius 1 is 1.27 bits per heavy atom. The molecule has 0 unspecified atom stereocenters. The monoisotopic (exact) mass is 302 g/mol. The number of hydrogen-bond acceptors (Lipinski definition) is 2. The number of hydrogen-bond donors (Lipinski definition) is 3. The van der Waals surface area contributed by atoms with E-state index in [2.05, 4.69) is 27.8 Å². The molecule has 1 aromatic rings. The van der Waals surface area contributed by atoms with Gasteiger partial charge in [0, 0.05) is 17.6 Å². The summed E-state index contributed by atoms with van der Waals surface area (Å²) in [7, 11) is 0. The number of nitrogens with two attached hydrogens (primary N) is 1. The first-order valence-corrected chi connectivity index (χ1v) is 7.83. The minimum atomic E-state index is -0.377. The van der Waals surface area contributed by atoms with Crippen LogP contribution in [-0.4, -0.2) is 25.0 Å². The maximum Gasteiger partial charge on any atom is 0.225 e. The fourth-order valence-corrected chi connectivity index (χ4v) is 2.45. The minimum absolute atomic E-state index is 0.0212. The number of carbonyl (C=O) groups is 1. The topological polar surface area (TPSA) is 79.5 Å². The van der Waals surface area contributed by atoms with E-state index in [0.717, 1.165) is 12.1 Å². The van der Waals surface area contributed by atoms with E-state index in [4.69, 9.17) is 5.73 Å². The smallest absolute Gasteiger partial charge is 0.225 e. The van der Waals surface area contributed by atoms with Gasteiger partial charge in [0.05, 0.1) is 6.54 Å². The Bertz CT molecular complexity index is 573. The van der Waals surface area contributed by atoms with Gasteiger partial charge < -0.3 is 16.4 Å². The Hall–Kier alpha value is -2.04. The highest BCUT2D eigenvalue weighted by molar-refractivity contribution is 5.92. The third-order valence-corrected chi connectivity index (χ3v) is 3.73. The van der Waals surface area contributed by atoms with Gasteiger partial charge in [0.1, 0.15) is 0 Å². The SMILES string of the molecule is CC(C)(C)C(=O)NCCN=C(N)Nc1ccc2c(c1)CCC2. The van der Waals surface area contributed by atoms with Gasteiger partial charge in [-0.15, -0.1) is 0 Å². The second kappa shape index (κ2) is 6.81. The molecule has 0 bridgehead atoms. The maximum absolute atomic E-state index is 11.7. The number of nitrogens with one attached hydrogen (secondary N) is 2. The summed E-state index contributed by atoms with van der Waals surface area (Å²) in [6.45, 7) is 6.61. The predicted molar refractivity (Wildman–Crippen MR) is 91.0 cm³/mol. The van der Waals surface area contributed by atoms with Crippen LogP contribution in [0.15, 0.2) is 23.2 Å². The number of fused-ring (bicyclic) bond motifs is 1. The molecule has 0 spiro atoms. The molecule has 2 rings (SSSR count). The molecule has 5 heteroatoms. The van der Waals surface area contributed by atoms with Crippen LogP contribution in [0.3, 0.4) is 0 Å². The summed E-state index contributed by atoms with van der Waals surface area (Å²) in [6.07, 6.45) is 3.54. The first-order chi connectivity index (χ1) is 10.4. The second-order valence-corrected chi connectivity index (χ2v) is 6.73. The van der Waals surface area contributed by atoms with Gasteiger partial charge in [-0.3, -0.25) is 9.79 Å². The summed E-state index contributed by atoms with van der Waals surface area (Å²) in [5.41, 5.74) is 9.31. The van der Waals surface area contributed by atoms with E-state index in [1.807, 2.05) is 26.8 Å². The number of amides is 1. The number of nitrogens with zero attached hydrogens (tertiary/aromatic N) is 1. The van der Waals surface area contributed by atoms with Crippen molar-refractivity contribution in [2.75, 3.05) is 18.4 Å².